The van der Waals surface area contributed by atoms with Gasteiger partial charge in [-0.15, -0.1) is 0 Å². The van der Waals surface area contributed by atoms with Gasteiger partial charge in [0, 0.05) is 25.0 Å². The summed E-state index contributed by atoms with van der Waals surface area (Å²) in [6, 6.07) is 17.8. The Hall–Kier alpha value is -3.08. The van der Waals surface area contributed by atoms with Crippen molar-refractivity contribution < 1.29 is 13.9 Å². The van der Waals surface area contributed by atoms with Gasteiger partial charge >= 0.3 is 0 Å². The van der Waals surface area contributed by atoms with E-state index in [0.717, 1.165) is 17.7 Å². The van der Waals surface area contributed by atoms with Crippen LogP contribution in [0, 0.1) is 5.82 Å². The largest absolute Gasteiger partial charge is 0.496 e. The second kappa shape index (κ2) is 9.22. The zero-order valence-electron chi connectivity index (χ0n) is 16.3. The summed E-state index contributed by atoms with van der Waals surface area (Å²) in [4.78, 5) is 15.0. The molecule has 2 aromatic carbocycles. The van der Waals surface area contributed by atoms with Crippen LogP contribution in [-0.2, 0) is 13.1 Å². The van der Waals surface area contributed by atoms with E-state index in [2.05, 4.69) is 0 Å². The third kappa shape index (κ3) is 4.60. The molecule has 3 aromatic rings. The number of benzene rings is 2. The molecule has 0 aliphatic heterocycles. The minimum Gasteiger partial charge on any atom is -0.496 e. The highest BCUT2D eigenvalue weighted by Crippen LogP contribution is 2.21. The molecule has 1 aromatic heterocycles. The quantitative estimate of drug-likeness (QED) is 0.566. The number of ether oxygens (including phenoxy) is 1. The first-order valence-corrected chi connectivity index (χ1v) is 9.43. The molecule has 0 saturated carbocycles. The molecule has 0 spiro atoms. The van der Waals surface area contributed by atoms with Crippen LogP contribution in [0.3, 0.4) is 0 Å². The number of amides is 1. The predicted octanol–water partition coefficient (Wildman–Crippen LogP) is 4.74. The molecule has 0 unspecified atom stereocenters. The number of methoxy groups -OCH3 is 1. The fraction of sp³-hybridized carbons (Fsp3) is 0.261. The maximum Gasteiger partial charge on any atom is 0.257 e. The summed E-state index contributed by atoms with van der Waals surface area (Å²) in [5.41, 5.74) is 2.44. The Morgan fingerprint density at radius 2 is 1.93 bits per heavy atom. The van der Waals surface area contributed by atoms with Gasteiger partial charge in [0.15, 0.2) is 0 Å². The number of aromatic nitrogens is 1. The molecular weight excluding hydrogens is 355 g/mol. The standard InChI is InChI=1S/C23H25FN2O2/c1-3-13-26(23(27)21-11-4-5-12-22(21)28-2)17-20-10-7-14-25(20)16-18-8-6-9-19(24)15-18/h4-12,14-15H,3,13,16-17H2,1-2H3. The van der Waals surface area contributed by atoms with Crippen molar-refractivity contribution in [1.82, 2.24) is 9.47 Å². The summed E-state index contributed by atoms with van der Waals surface area (Å²) in [5, 5.41) is 0. The number of hydrogen-bond donors (Lipinski definition) is 0. The van der Waals surface area contributed by atoms with Gasteiger partial charge in [-0.25, -0.2) is 4.39 Å². The number of nitrogens with zero attached hydrogens (tertiary/aromatic N) is 2. The van der Waals surface area contributed by atoms with E-state index < -0.39 is 0 Å². The maximum absolute atomic E-state index is 13.5. The van der Waals surface area contributed by atoms with E-state index in [9.17, 15) is 9.18 Å². The van der Waals surface area contributed by atoms with E-state index in [-0.39, 0.29) is 11.7 Å². The minimum atomic E-state index is -0.245. The lowest BCUT2D eigenvalue weighted by Gasteiger charge is -2.24. The molecule has 0 saturated heterocycles. The Kier molecular flexibility index (Phi) is 6.48. The van der Waals surface area contributed by atoms with Crippen molar-refractivity contribution in [2.45, 2.75) is 26.4 Å². The normalized spacial score (nSPS) is 10.7. The smallest absolute Gasteiger partial charge is 0.257 e. The van der Waals surface area contributed by atoms with Crippen LogP contribution in [-0.4, -0.2) is 29.0 Å². The first-order chi connectivity index (χ1) is 13.6. The summed E-state index contributed by atoms with van der Waals surface area (Å²) in [6.07, 6.45) is 2.81. The summed E-state index contributed by atoms with van der Waals surface area (Å²) >= 11 is 0. The number of para-hydroxylation sites is 1. The fourth-order valence-electron chi connectivity index (χ4n) is 3.29. The van der Waals surface area contributed by atoms with Gasteiger partial charge in [-0.05, 0) is 48.4 Å². The highest BCUT2D eigenvalue weighted by molar-refractivity contribution is 5.96. The highest BCUT2D eigenvalue weighted by atomic mass is 19.1. The van der Waals surface area contributed by atoms with E-state index in [4.69, 9.17) is 4.74 Å². The average Bonchev–Trinajstić information content (AvgIpc) is 3.13. The molecule has 0 atom stereocenters. The van der Waals surface area contributed by atoms with Crippen LogP contribution in [0.4, 0.5) is 4.39 Å². The minimum absolute atomic E-state index is 0.0576. The monoisotopic (exact) mass is 380 g/mol. The number of halogens is 1. The molecule has 146 valence electrons. The van der Waals surface area contributed by atoms with Crippen LogP contribution in [0.15, 0.2) is 66.9 Å². The highest BCUT2D eigenvalue weighted by Gasteiger charge is 2.20. The molecule has 28 heavy (non-hydrogen) atoms. The van der Waals surface area contributed by atoms with Gasteiger partial charge < -0.3 is 14.2 Å². The van der Waals surface area contributed by atoms with Gasteiger partial charge in [-0.2, -0.15) is 0 Å². The van der Waals surface area contributed by atoms with Crippen molar-refractivity contribution in [1.29, 1.82) is 0 Å². The number of carbonyl (C=O) groups excluding carboxylic acids is 1. The van der Waals surface area contributed by atoms with Crippen molar-refractivity contribution in [3.63, 3.8) is 0 Å². The fourth-order valence-corrected chi connectivity index (χ4v) is 3.29. The summed E-state index contributed by atoms with van der Waals surface area (Å²) in [6.45, 7) is 3.73. The number of rotatable bonds is 8. The summed E-state index contributed by atoms with van der Waals surface area (Å²) in [7, 11) is 1.57. The molecule has 0 aliphatic rings. The van der Waals surface area contributed by atoms with Gasteiger partial charge in [0.1, 0.15) is 11.6 Å². The van der Waals surface area contributed by atoms with Gasteiger partial charge in [0.25, 0.3) is 5.91 Å². The van der Waals surface area contributed by atoms with Crippen LogP contribution in [0.1, 0.15) is 35.0 Å². The van der Waals surface area contributed by atoms with Crippen LogP contribution in [0.2, 0.25) is 0 Å². The van der Waals surface area contributed by atoms with E-state index >= 15 is 0 Å². The number of carbonyl (C=O) groups is 1. The van der Waals surface area contributed by atoms with Crippen LogP contribution < -0.4 is 4.74 Å². The van der Waals surface area contributed by atoms with Crippen LogP contribution in [0.25, 0.3) is 0 Å². The third-order valence-corrected chi connectivity index (χ3v) is 4.64. The molecular formula is C23H25FN2O2. The molecule has 0 radical (unpaired) electrons. The zero-order valence-corrected chi connectivity index (χ0v) is 16.3. The Morgan fingerprint density at radius 3 is 2.68 bits per heavy atom. The maximum atomic E-state index is 13.5. The lowest BCUT2D eigenvalue weighted by Crippen LogP contribution is -2.32. The molecule has 0 N–H and O–H groups in total. The Morgan fingerprint density at radius 1 is 1.11 bits per heavy atom. The average molecular weight is 380 g/mol. The lowest BCUT2D eigenvalue weighted by atomic mass is 10.1. The van der Waals surface area contributed by atoms with Crippen molar-refractivity contribution in [3.8, 4) is 5.75 Å². The predicted molar refractivity (Wildman–Crippen MR) is 108 cm³/mol. The Bertz CT molecular complexity index is 936. The molecule has 1 amide bonds. The second-order valence-corrected chi connectivity index (χ2v) is 6.68. The first-order valence-electron chi connectivity index (χ1n) is 9.43. The molecule has 3 rings (SSSR count). The molecule has 4 nitrogen and oxygen atoms in total. The van der Waals surface area contributed by atoms with Crippen molar-refractivity contribution >= 4 is 5.91 Å². The van der Waals surface area contributed by atoms with Gasteiger partial charge in [-0.3, -0.25) is 4.79 Å². The van der Waals surface area contributed by atoms with Crippen LogP contribution in [0.5, 0.6) is 5.75 Å². The molecule has 0 aliphatic carbocycles. The third-order valence-electron chi connectivity index (χ3n) is 4.64. The molecule has 0 bridgehead atoms. The van der Waals surface area contributed by atoms with Gasteiger partial charge in [0.05, 0.1) is 19.2 Å². The van der Waals surface area contributed by atoms with Crippen molar-refractivity contribution in [2.75, 3.05) is 13.7 Å². The molecule has 0 fully saturated rings. The molecule has 5 heteroatoms. The van der Waals surface area contributed by atoms with Crippen molar-refractivity contribution in [3.05, 3.63) is 89.5 Å². The van der Waals surface area contributed by atoms with E-state index in [0.29, 0.717) is 30.9 Å². The van der Waals surface area contributed by atoms with E-state index in [1.165, 1.54) is 12.1 Å². The topological polar surface area (TPSA) is 34.5 Å². The van der Waals surface area contributed by atoms with Crippen LogP contribution >= 0.6 is 0 Å². The first kappa shape index (κ1) is 19.7. The van der Waals surface area contributed by atoms with E-state index in [1.54, 1.807) is 25.3 Å². The zero-order chi connectivity index (χ0) is 19.9. The Labute approximate surface area is 165 Å². The lowest BCUT2D eigenvalue weighted by molar-refractivity contribution is 0.0736. The summed E-state index contributed by atoms with van der Waals surface area (Å²) in [5.74, 6) is 0.270. The second-order valence-electron chi connectivity index (χ2n) is 6.68. The SMILES string of the molecule is CCCN(Cc1cccn1Cc1cccc(F)c1)C(=O)c1ccccc1OC. The number of hydrogen-bond acceptors (Lipinski definition) is 2. The van der Waals surface area contributed by atoms with E-state index in [1.807, 2.05) is 52.9 Å². The summed E-state index contributed by atoms with van der Waals surface area (Å²) < 4.78 is 20.9. The van der Waals surface area contributed by atoms with Crippen molar-refractivity contribution in [2.24, 2.45) is 0 Å². The van der Waals surface area contributed by atoms with Gasteiger partial charge in [-0.1, -0.05) is 31.2 Å². The Balaban J connectivity index is 1.82. The van der Waals surface area contributed by atoms with Gasteiger partial charge in [0.2, 0.25) is 0 Å². The molecule has 1 heterocycles.